The Hall–Kier alpha value is -2.15. The smallest absolute Gasteiger partial charge is 0.322 e. The zero-order chi connectivity index (χ0) is 17.4. The molecule has 0 unspecified atom stereocenters. The fourth-order valence-corrected chi connectivity index (χ4v) is 3.70. The van der Waals surface area contributed by atoms with Gasteiger partial charge in [0.15, 0.2) is 0 Å². The summed E-state index contributed by atoms with van der Waals surface area (Å²) >= 11 is 0. The van der Waals surface area contributed by atoms with Crippen LogP contribution in [-0.4, -0.2) is 48.2 Å². The van der Waals surface area contributed by atoms with E-state index >= 15 is 0 Å². The lowest BCUT2D eigenvalue weighted by Crippen LogP contribution is -2.50. The number of anilines is 1. The van der Waals surface area contributed by atoms with E-state index in [1.54, 1.807) is 4.90 Å². The minimum atomic E-state index is -0.345. The SMILES string of the molecule is O=C(NC1CCC1)[C@@H]1C[C@H]2CN(C(=O)Nc3ccc(F)cc3)C[C@@H]1O2. The van der Waals surface area contributed by atoms with Crippen molar-refractivity contribution in [2.75, 3.05) is 18.4 Å². The third-order valence-corrected chi connectivity index (χ3v) is 5.33. The van der Waals surface area contributed by atoms with E-state index in [4.69, 9.17) is 4.74 Å². The van der Waals surface area contributed by atoms with Gasteiger partial charge >= 0.3 is 6.03 Å². The first-order valence-corrected chi connectivity index (χ1v) is 8.86. The van der Waals surface area contributed by atoms with Crippen LogP contribution in [0.5, 0.6) is 0 Å². The third kappa shape index (κ3) is 3.46. The summed E-state index contributed by atoms with van der Waals surface area (Å²) in [6.45, 7) is 0.864. The molecule has 3 amide bonds. The molecule has 3 aliphatic rings. The third-order valence-electron chi connectivity index (χ3n) is 5.33. The molecule has 2 saturated heterocycles. The molecular formula is C18H22FN3O3. The van der Waals surface area contributed by atoms with Gasteiger partial charge in [-0.1, -0.05) is 0 Å². The number of benzene rings is 1. The van der Waals surface area contributed by atoms with E-state index in [9.17, 15) is 14.0 Å². The first-order valence-electron chi connectivity index (χ1n) is 8.86. The molecule has 1 aromatic rings. The Morgan fingerprint density at radius 3 is 2.60 bits per heavy atom. The van der Waals surface area contributed by atoms with Crippen LogP contribution in [0.15, 0.2) is 24.3 Å². The molecule has 0 spiro atoms. The Bertz CT molecular complexity index is 662. The number of hydrogen-bond donors (Lipinski definition) is 2. The van der Waals surface area contributed by atoms with E-state index in [0.717, 1.165) is 12.8 Å². The molecular weight excluding hydrogens is 325 g/mol. The van der Waals surface area contributed by atoms with Crippen LogP contribution in [0.1, 0.15) is 25.7 Å². The van der Waals surface area contributed by atoms with E-state index in [1.807, 2.05) is 0 Å². The molecule has 2 N–H and O–H groups in total. The molecule has 25 heavy (non-hydrogen) atoms. The molecule has 3 atom stereocenters. The second-order valence-corrected chi connectivity index (χ2v) is 7.12. The van der Waals surface area contributed by atoms with E-state index in [2.05, 4.69) is 10.6 Å². The Kier molecular flexibility index (Phi) is 4.33. The van der Waals surface area contributed by atoms with Crippen molar-refractivity contribution < 1.29 is 18.7 Å². The van der Waals surface area contributed by atoms with Crippen molar-refractivity contribution in [1.82, 2.24) is 10.2 Å². The van der Waals surface area contributed by atoms with E-state index in [0.29, 0.717) is 31.2 Å². The summed E-state index contributed by atoms with van der Waals surface area (Å²) in [6, 6.07) is 5.73. The van der Waals surface area contributed by atoms with Crippen LogP contribution < -0.4 is 10.6 Å². The van der Waals surface area contributed by atoms with E-state index < -0.39 is 0 Å². The van der Waals surface area contributed by atoms with Gasteiger partial charge in [-0.05, 0) is 49.9 Å². The van der Waals surface area contributed by atoms with Crippen molar-refractivity contribution in [3.8, 4) is 0 Å². The number of hydrogen-bond acceptors (Lipinski definition) is 3. The van der Waals surface area contributed by atoms with E-state index in [1.165, 1.54) is 30.7 Å². The summed E-state index contributed by atoms with van der Waals surface area (Å²) in [6.07, 6.45) is 3.59. The van der Waals surface area contributed by atoms with Crippen LogP contribution in [-0.2, 0) is 9.53 Å². The van der Waals surface area contributed by atoms with Crippen molar-refractivity contribution in [3.63, 3.8) is 0 Å². The van der Waals surface area contributed by atoms with Crippen LogP contribution in [0.4, 0.5) is 14.9 Å². The summed E-state index contributed by atoms with van der Waals surface area (Å²) in [5, 5.41) is 5.85. The number of morpholine rings is 1. The zero-order valence-electron chi connectivity index (χ0n) is 13.9. The fourth-order valence-electron chi connectivity index (χ4n) is 3.70. The van der Waals surface area contributed by atoms with Crippen LogP contribution >= 0.6 is 0 Å². The zero-order valence-corrected chi connectivity index (χ0v) is 13.9. The van der Waals surface area contributed by atoms with Gasteiger partial charge in [-0.3, -0.25) is 4.79 Å². The topological polar surface area (TPSA) is 70.7 Å². The van der Waals surface area contributed by atoms with Gasteiger partial charge in [-0.2, -0.15) is 0 Å². The van der Waals surface area contributed by atoms with Gasteiger partial charge < -0.3 is 20.3 Å². The lowest BCUT2D eigenvalue weighted by Gasteiger charge is -2.33. The van der Waals surface area contributed by atoms with Crippen LogP contribution in [0.25, 0.3) is 0 Å². The Morgan fingerprint density at radius 1 is 1.16 bits per heavy atom. The Labute approximate surface area is 145 Å². The molecule has 7 heteroatoms. The molecule has 2 bridgehead atoms. The maximum atomic E-state index is 13.0. The fraction of sp³-hybridized carbons (Fsp3) is 0.556. The number of ether oxygens (including phenoxy) is 1. The molecule has 0 radical (unpaired) electrons. The number of halogens is 1. The van der Waals surface area contributed by atoms with Crippen LogP contribution in [0, 0.1) is 11.7 Å². The highest BCUT2D eigenvalue weighted by molar-refractivity contribution is 5.89. The van der Waals surface area contributed by atoms with E-state index in [-0.39, 0.29) is 35.9 Å². The van der Waals surface area contributed by atoms with Gasteiger partial charge in [0.2, 0.25) is 5.91 Å². The minimum Gasteiger partial charge on any atom is -0.370 e. The average molecular weight is 347 g/mol. The van der Waals surface area contributed by atoms with Gasteiger partial charge in [0.25, 0.3) is 0 Å². The molecule has 4 rings (SSSR count). The highest BCUT2D eigenvalue weighted by atomic mass is 19.1. The number of urea groups is 1. The minimum absolute atomic E-state index is 0.0537. The second-order valence-electron chi connectivity index (χ2n) is 7.12. The summed E-state index contributed by atoms with van der Waals surface area (Å²) in [5.41, 5.74) is 0.546. The largest absolute Gasteiger partial charge is 0.370 e. The second kappa shape index (κ2) is 6.63. The molecule has 3 fully saturated rings. The number of carbonyl (C=O) groups is 2. The molecule has 2 aliphatic heterocycles. The highest BCUT2D eigenvalue weighted by Crippen LogP contribution is 2.33. The number of likely N-dealkylation sites (tertiary alicyclic amines) is 1. The first-order chi connectivity index (χ1) is 12.1. The summed E-state index contributed by atoms with van der Waals surface area (Å²) in [7, 11) is 0. The van der Waals surface area contributed by atoms with Gasteiger partial charge in [-0.15, -0.1) is 0 Å². The maximum absolute atomic E-state index is 13.0. The number of fused-ring (bicyclic) bond motifs is 2. The Morgan fingerprint density at radius 2 is 1.92 bits per heavy atom. The van der Waals surface area contributed by atoms with Crippen LogP contribution in [0.2, 0.25) is 0 Å². The predicted molar refractivity (Wildman–Crippen MR) is 89.5 cm³/mol. The molecule has 134 valence electrons. The predicted octanol–water partition coefficient (Wildman–Crippen LogP) is 2.12. The van der Waals surface area contributed by atoms with Crippen molar-refractivity contribution in [3.05, 3.63) is 30.1 Å². The van der Waals surface area contributed by atoms with Gasteiger partial charge in [0.1, 0.15) is 5.82 Å². The number of nitrogens with one attached hydrogen (secondary N) is 2. The quantitative estimate of drug-likeness (QED) is 0.880. The maximum Gasteiger partial charge on any atom is 0.322 e. The average Bonchev–Trinajstić information content (AvgIpc) is 2.87. The molecule has 2 heterocycles. The molecule has 1 saturated carbocycles. The molecule has 0 aromatic heterocycles. The van der Waals surface area contributed by atoms with Crippen molar-refractivity contribution in [2.24, 2.45) is 5.92 Å². The van der Waals surface area contributed by atoms with Crippen LogP contribution in [0.3, 0.4) is 0 Å². The lowest BCUT2D eigenvalue weighted by atomic mass is 9.91. The Balaban J connectivity index is 1.35. The number of amides is 3. The highest BCUT2D eigenvalue weighted by Gasteiger charge is 2.46. The molecule has 6 nitrogen and oxygen atoms in total. The standard InChI is InChI=1S/C18H22FN3O3/c19-11-4-6-13(7-5-11)21-18(24)22-9-14-8-15(16(10-22)25-14)17(23)20-12-2-1-3-12/h4-7,12,14-16H,1-3,8-10H2,(H,20,23)(H,21,24)/t14-,15+,16-/m0/s1. The molecule has 1 aliphatic carbocycles. The first kappa shape index (κ1) is 16.3. The van der Waals surface area contributed by atoms with Gasteiger partial charge in [0, 0.05) is 24.8 Å². The monoisotopic (exact) mass is 347 g/mol. The van der Waals surface area contributed by atoms with Gasteiger partial charge in [-0.25, -0.2) is 9.18 Å². The number of carbonyl (C=O) groups excluding carboxylic acids is 2. The van der Waals surface area contributed by atoms with Crippen molar-refractivity contribution >= 4 is 17.6 Å². The van der Waals surface area contributed by atoms with Gasteiger partial charge in [0.05, 0.1) is 18.1 Å². The lowest BCUT2D eigenvalue weighted by molar-refractivity contribution is -0.128. The normalized spacial score (nSPS) is 28.4. The number of rotatable bonds is 3. The van der Waals surface area contributed by atoms with Crippen molar-refractivity contribution in [2.45, 2.75) is 43.9 Å². The summed E-state index contributed by atoms with van der Waals surface area (Å²) in [4.78, 5) is 26.6. The summed E-state index contributed by atoms with van der Waals surface area (Å²) < 4.78 is 18.8. The molecule has 1 aromatic carbocycles. The summed E-state index contributed by atoms with van der Waals surface area (Å²) in [5.74, 6) is -0.477. The van der Waals surface area contributed by atoms with Crippen molar-refractivity contribution in [1.29, 1.82) is 0 Å². The number of nitrogens with zero attached hydrogens (tertiary/aromatic N) is 1.